The van der Waals surface area contributed by atoms with Crippen LogP contribution in [0.25, 0.3) is 11.3 Å². The third-order valence-electron chi connectivity index (χ3n) is 3.61. The minimum atomic E-state index is -0.706. The van der Waals surface area contributed by atoms with Crippen molar-refractivity contribution in [1.29, 1.82) is 0 Å². The largest absolute Gasteiger partial charge is 0.496 e. The molecule has 0 aliphatic carbocycles. The Bertz CT molecular complexity index is 950. The standard InChI is InChI=1S/C18H15F3N4O/c1-26-16-7-11(19)2-3-14(16)17-15(21)9-23-18(25-17)24-13-5-10(8-22)4-12(20)6-13/h2-7,9H,8,22H2,1H3,(H,23,24,25). The predicted molar refractivity (Wildman–Crippen MR) is 91.5 cm³/mol. The number of nitrogens with one attached hydrogen (secondary N) is 1. The van der Waals surface area contributed by atoms with E-state index in [0.717, 1.165) is 12.3 Å². The first-order chi connectivity index (χ1) is 12.5. The number of hydrogen-bond acceptors (Lipinski definition) is 5. The van der Waals surface area contributed by atoms with Gasteiger partial charge in [0.1, 0.15) is 23.1 Å². The van der Waals surface area contributed by atoms with Gasteiger partial charge in [0.25, 0.3) is 0 Å². The molecule has 0 bridgehead atoms. The molecule has 8 heteroatoms. The molecule has 134 valence electrons. The van der Waals surface area contributed by atoms with Crippen molar-refractivity contribution in [2.75, 3.05) is 12.4 Å². The summed E-state index contributed by atoms with van der Waals surface area (Å²) in [7, 11) is 1.34. The van der Waals surface area contributed by atoms with Crippen molar-refractivity contribution in [1.82, 2.24) is 9.97 Å². The summed E-state index contributed by atoms with van der Waals surface area (Å²) < 4.78 is 46.3. The Morgan fingerprint density at radius 2 is 1.88 bits per heavy atom. The van der Waals surface area contributed by atoms with E-state index in [2.05, 4.69) is 15.3 Å². The molecule has 0 atom stereocenters. The van der Waals surface area contributed by atoms with Crippen molar-refractivity contribution in [3.8, 4) is 17.0 Å². The van der Waals surface area contributed by atoms with Crippen molar-refractivity contribution in [3.05, 3.63) is 65.6 Å². The lowest BCUT2D eigenvalue weighted by atomic mass is 10.1. The molecule has 0 spiro atoms. The molecule has 5 nitrogen and oxygen atoms in total. The van der Waals surface area contributed by atoms with Crippen molar-refractivity contribution in [2.45, 2.75) is 6.54 Å². The molecule has 1 heterocycles. The number of nitrogens with two attached hydrogens (primary N) is 1. The van der Waals surface area contributed by atoms with Gasteiger partial charge in [-0.15, -0.1) is 0 Å². The quantitative estimate of drug-likeness (QED) is 0.725. The Hall–Kier alpha value is -3.13. The molecule has 0 saturated carbocycles. The first-order valence-electron chi connectivity index (χ1n) is 7.63. The molecule has 0 amide bonds. The number of halogens is 3. The summed E-state index contributed by atoms with van der Waals surface area (Å²) in [5, 5.41) is 2.81. The summed E-state index contributed by atoms with van der Waals surface area (Å²) in [4.78, 5) is 7.96. The maximum Gasteiger partial charge on any atom is 0.227 e. The van der Waals surface area contributed by atoms with E-state index in [1.807, 2.05) is 0 Å². The molecule has 3 aromatic rings. The molecule has 0 aliphatic heterocycles. The Morgan fingerprint density at radius 1 is 1.08 bits per heavy atom. The van der Waals surface area contributed by atoms with E-state index in [0.29, 0.717) is 11.3 Å². The topological polar surface area (TPSA) is 73.1 Å². The fourth-order valence-electron chi connectivity index (χ4n) is 2.45. The smallest absolute Gasteiger partial charge is 0.227 e. The van der Waals surface area contributed by atoms with Gasteiger partial charge in [0, 0.05) is 23.9 Å². The highest BCUT2D eigenvalue weighted by atomic mass is 19.1. The second-order valence-corrected chi connectivity index (χ2v) is 5.41. The summed E-state index contributed by atoms with van der Waals surface area (Å²) in [5.41, 5.74) is 6.66. The Kier molecular flexibility index (Phi) is 5.04. The van der Waals surface area contributed by atoms with E-state index < -0.39 is 17.5 Å². The van der Waals surface area contributed by atoms with E-state index in [4.69, 9.17) is 10.5 Å². The molecule has 26 heavy (non-hydrogen) atoms. The minimum absolute atomic E-state index is 0.0429. The van der Waals surface area contributed by atoms with Gasteiger partial charge in [-0.1, -0.05) is 0 Å². The molecule has 0 saturated heterocycles. The van der Waals surface area contributed by atoms with Crippen LogP contribution in [0.15, 0.2) is 42.6 Å². The highest BCUT2D eigenvalue weighted by Gasteiger charge is 2.15. The maximum absolute atomic E-state index is 14.2. The van der Waals surface area contributed by atoms with E-state index in [1.165, 1.54) is 31.4 Å². The number of rotatable bonds is 5. The average Bonchev–Trinajstić information content (AvgIpc) is 2.63. The third-order valence-corrected chi connectivity index (χ3v) is 3.61. The molecule has 2 aromatic carbocycles. The van der Waals surface area contributed by atoms with E-state index in [1.54, 1.807) is 6.07 Å². The molecule has 0 unspecified atom stereocenters. The van der Waals surface area contributed by atoms with Crippen LogP contribution in [0, 0.1) is 17.5 Å². The zero-order chi connectivity index (χ0) is 18.7. The minimum Gasteiger partial charge on any atom is -0.496 e. The van der Waals surface area contributed by atoms with Gasteiger partial charge in [-0.05, 0) is 35.9 Å². The predicted octanol–water partition coefficient (Wildman–Crippen LogP) is 3.77. The zero-order valence-corrected chi connectivity index (χ0v) is 13.8. The van der Waals surface area contributed by atoms with Crippen LogP contribution >= 0.6 is 0 Å². The fourth-order valence-corrected chi connectivity index (χ4v) is 2.45. The number of aromatic nitrogens is 2. The normalized spacial score (nSPS) is 10.7. The van der Waals surface area contributed by atoms with Gasteiger partial charge in [-0.25, -0.2) is 23.1 Å². The maximum atomic E-state index is 14.2. The van der Waals surface area contributed by atoms with Crippen molar-refractivity contribution in [3.63, 3.8) is 0 Å². The van der Waals surface area contributed by atoms with Gasteiger partial charge in [0.15, 0.2) is 5.82 Å². The highest BCUT2D eigenvalue weighted by Crippen LogP contribution is 2.31. The van der Waals surface area contributed by atoms with Gasteiger partial charge in [-0.2, -0.15) is 0 Å². The van der Waals surface area contributed by atoms with E-state index in [9.17, 15) is 13.2 Å². The van der Waals surface area contributed by atoms with Gasteiger partial charge < -0.3 is 15.8 Å². The monoisotopic (exact) mass is 360 g/mol. The van der Waals surface area contributed by atoms with Crippen LogP contribution in [0.4, 0.5) is 24.8 Å². The summed E-state index contributed by atoms with van der Waals surface area (Å²) in [6.45, 7) is 0.161. The lowest BCUT2D eigenvalue weighted by Crippen LogP contribution is -2.03. The Morgan fingerprint density at radius 3 is 2.62 bits per heavy atom. The van der Waals surface area contributed by atoms with Gasteiger partial charge in [0.2, 0.25) is 5.95 Å². The number of benzene rings is 2. The van der Waals surface area contributed by atoms with Crippen molar-refractivity contribution in [2.24, 2.45) is 5.73 Å². The van der Waals surface area contributed by atoms with Crippen LogP contribution in [0.1, 0.15) is 5.56 Å². The van der Waals surface area contributed by atoms with Crippen LogP contribution in [0.2, 0.25) is 0 Å². The zero-order valence-electron chi connectivity index (χ0n) is 13.8. The molecule has 3 N–H and O–H groups in total. The number of nitrogens with zero attached hydrogens (tertiary/aromatic N) is 2. The second-order valence-electron chi connectivity index (χ2n) is 5.41. The summed E-state index contributed by atoms with van der Waals surface area (Å²) in [6.07, 6.45) is 0.969. The highest BCUT2D eigenvalue weighted by molar-refractivity contribution is 5.69. The fraction of sp³-hybridized carbons (Fsp3) is 0.111. The molecular formula is C18H15F3N4O. The van der Waals surface area contributed by atoms with Crippen molar-refractivity contribution < 1.29 is 17.9 Å². The Labute approximate surface area is 147 Å². The first-order valence-corrected chi connectivity index (χ1v) is 7.63. The summed E-state index contributed by atoms with van der Waals surface area (Å²) in [6, 6.07) is 7.85. The number of anilines is 2. The van der Waals surface area contributed by atoms with Crippen LogP contribution < -0.4 is 15.8 Å². The lowest BCUT2D eigenvalue weighted by molar-refractivity contribution is 0.412. The van der Waals surface area contributed by atoms with Gasteiger partial charge in [0.05, 0.1) is 13.3 Å². The van der Waals surface area contributed by atoms with E-state index >= 15 is 0 Å². The second kappa shape index (κ2) is 7.40. The number of hydrogen-bond donors (Lipinski definition) is 2. The van der Waals surface area contributed by atoms with Crippen LogP contribution in [-0.4, -0.2) is 17.1 Å². The van der Waals surface area contributed by atoms with Gasteiger partial charge >= 0.3 is 0 Å². The van der Waals surface area contributed by atoms with Gasteiger partial charge in [-0.3, -0.25) is 0 Å². The molecule has 0 radical (unpaired) electrons. The number of ether oxygens (including phenoxy) is 1. The summed E-state index contributed by atoms with van der Waals surface area (Å²) >= 11 is 0. The average molecular weight is 360 g/mol. The van der Waals surface area contributed by atoms with Crippen molar-refractivity contribution >= 4 is 11.6 Å². The molecule has 1 aromatic heterocycles. The number of methoxy groups -OCH3 is 1. The SMILES string of the molecule is COc1cc(F)ccc1-c1nc(Nc2cc(F)cc(CN)c2)ncc1F. The first kappa shape index (κ1) is 17.7. The van der Waals surface area contributed by atoms with Crippen LogP contribution in [-0.2, 0) is 6.54 Å². The molecule has 3 rings (SSSR count). The molecule has 0 aliphatic rings. The molecular weight excluding hydrogens is 345 g/mol. The molecule has 0 fully saturated rings. The van der Waals surface area contributed by atoms with Crippen LogP contribution in [0.5, 0.6) is 5.75 Å². The van der Waals surface area contributed by atoms with Crippen LogP contribution in [0.3, 0.4) is 0 Å². The van der Waals surface area contributed by atoms with E-state index in [-0.39, 0.29) is 29.5 Å². The lowest BCUT2D eigenvalue weighted by Gasteiger charge is -2.11. The third kappa shape index (κ3) is 3.75. The Balaban J connectivity index is 2.00. The summed E-state index contributed by atoms with van der Waals surface area (Å²) in [5.74, 6) is -1.53.